The van der Waals surface area contributed by atoms with Gasteiger partial charge in [0.25, 0.3) is 5.91 Å². The summed E-state index contributed by atoms with van der Waals surface area (Å²) in [5, 5.41) is 11.7. The molecule has 1 aromatic rings. The Morgan fingerprint density at radius 1 is 1.53 bits per heavy atom. The maximum absolute atomic E-state index is 12.9. The van der Waals surface area contributed by atoms with Gasteiger partial charge in [-0.3, -0.25) is 4.79 Å². The molecule has 0 aromatic heterocycles. The number of methoxy groups -OCH3 is 1. The van der Waals surface area contributed by atoms with Crippen LogP contribution < -0.4 is 10.1 Å². The molecule has 0 aliphatic carbocycles. The molecule has 6 heteroatoms. The Balaban J connectivity index is 2.50. The smallest absolute Gasteiger partial charge is 0.258 e. The van der Waals surface area contributed by atoms with Gasteiger partial charge in [0.15, 0.2) is 6.61 Å². The van der Waals surface area contributed by atoms with E-state index in [9.17, 15) is 9.18 Å². The summed E-state index contributed by atoms with van der Waals surface area (Å²) in [6, 6.07) is 3.64. The highest BCUT2D eigenvalue weighted by Gasteiger charge is 2.10. The number of ether oxygens (including phenoxy) is 2. The molecule has 1 rings (SSSR count). The zero-order chi connectivity index (χ0) is 14.3. The summed E-state index contributed by atoms with van der Waals surface area (Å²) in [4.78, 5) is 11.5. The summed E-state index contributed by atoms with van der Waals surface area (Å²) in [7, 11) is 1.55. The van der Waals surface area contributed by atoms with Crippen molar-refractivity contribution in [1.82, 2.24) is 5.32 Å². The van der Waals surface area contributed by atoms with Crippen molar-refractivity contribution >= 4 is 5.91 Å². The topological polar surface area (TPSA) is 67.8 Å². The molecule has 1 unspecified atom stereocenters. The second-order valence-corrected chi connectivity index (χ2v) is 4.12. The van der Waals surface area contributed by atoms with Gasteiger partial charge >= 0.3 is 0 Å². The highest BCUT2D eigenvalue weighted by atomic mass is 19.1. The number of rotatable bonds is 7. The highest BCUT2D eigenvalue weighted by molar-refractivity contribution is 5.77. The van der Waals surface area contributed by atoms with E-state index in [1.54, 1.807) is 14.0 Å². The molecule has 0 saturated carbocycles. The molecule has 0 radical (unpaired) electrons. The van der Waals surface area contributed by atoms with Crippen LogP contribution in [-0.4, -0.2) is 37.4 Å². The van der Waals surface area contributed by atoms with Crippen molar-refractivity contribution in [3.63, 3.8) is 0 Å². The summed E-state index contributed by atoms with van der Waals surface area (Å²) in [6.07, 6.45) is 0. The number of nitrogens with one attached hydrogen (secondary N) is 1. The quantitative estimate of drug-likeness (QED) is 0.771. The molecule has 0 spiro atoms. The standard InChI is InChI=1S/C13H18FNO4/c1-9(7-18-2)15-13(17)8-19-12-4-3-11(14)5-10(12)6-16/h3-5,9,16H,6-8H2,1-2H3,(H,15,17). The lowest BCUT2D eigenvalue weighted by molar-refractivity contribution is -0.124. The lowest BCUT2D eigenvalue weighted by Crippen LogP contribution is -2.38. The molecule has 0 heterocycles. The fourth-order valence-corrected chi connectivity index (χ4v) is 1.56. The summed E-state index contributed by atoms with van der Waals surface area (Å²) in [5.41, 5.74) is 0.303. The summed E-state index contributed by atoms with van der Waals surface area (Å²) >= 11 is 0. The molecule has 19 heavy (non-hydrogen) atoms. The van der Waals surface area contributed by atoms with Crippen molar-refractivity contribution in [3.05, 3.63) is 29.6 Å². The monoisotopic (exact) mass is 271 g/mol. The zero-order valence-electron chi connectivity index (χ0n) is 11.0. The normalized spacial score (nSPS) is 12.0. The lowest BCUT2D eigenvalue weighted by atomic mass is 10.2. The third kappa shape index (κ3) is 5.23. The van der Waals surface area contributed by atoms with Crippen LogP contribution >= 0.6 is 0 Å². The molecule has 5 nitrogen and oxygen atoms in total. The zero-order valence-corrected chi connectivity index (χ0v) is 11.0. The van der Waals surface area contributed by atoms with E-state index >= 15 is 0 Å². The molecule has 0 aliphatic heterocycles. The number of hydrogen-bond donors (Lipinski definition) is 2. The van der Waals surface area contributed by atoms with E-state index < -0.39 is 5.82 Å². The van der Waals surface area contributed by atoms with Gasteiger partial charge in [-0.05, 0) is 25.1 Å². The molecule has 0 fully saturated rings. The lowest BCUT2D eigenvalue weighted by Gasteiger charge is -2.14. The molecule has 1 aromatic carbocycles. The maximum atomic E-state index is 12.9. The molecule has 1 amide bonds. The van der Waals surface area contributed by atoms with Crippen molar-refractivity contribution < 1.29 is 23.8 Å². The van der Waals surface area contributed by atoms with Gasteiger partial charge < -0.3 is 19.9 Å². The van der Waals surface area contributed by atoms with Gasteiger partial charge in [-0.2, -0.15) is 0 Å². The molecule has 0 bridgehead atoms. The van der Waals surface area contributed by atoms with Gasteiger partial charge in [0.2, 0.25) is 0 Å². The second kappa shape index (κ2) is 7.70. The predicted molar refractivity (Wildman–Crippen MR) is 67.3 cm³/mol. The predicted octanol–water partition coefficient (Wildman–Crippen LogP) is 0.848. The van der Waals surface area contributed by atoms with Gasteiger partial charge in [-0.15, -0.1) is 0 Å². The number of amides is 1. The van der Waals surface area contributed by atoms with Crippen LogP contribution in [0, 0.1) is 5.82 Å². The first-order valence-electron chi connectivity index (χ1n) is 5.87. The summed E-state index contributed by atoms with van der Waals surface area (Å²) < 4.78 is 23.1. The van der Waals surface area contributed by atoms with Gasteiger partial charge in [-0.25, -0.2) is 4.39 Å². The Kier molecular flexibility index (Phi) is 6.24. The van der Waals surface area contributed by atoms with E-state index in [-0.39, 0.29) is 25.2 Å². The maximum Gasteiger partial charge on any atom is 0.258 e. The van der Waals surface area contributed by atoms with E-state index in [1.807, 2.05) is 0 Å². The van der Waals surface area contributed by atoms with Crippen LogP contribution in [0.4, 0.5) is 4.39 Å². The van der Waals surface area contributed by atoms with Crippen LogP contribution in [0.25, 0.3) is 0 Å². The van der Waals surface area contributed by atoms with Crippen molar-refractivity contribution in [3.8, 4) is 5.75 Å². The Hall–Kier alpha value is -1.66. The van der Waals surface area contributed by atoms with Crippen LogP contribution in [0.1, 0.15) is 12.5 Å². The fraction of sp³-hybridized carbons (Fsp3) is 0.462. The Morgan fingerprint density at radius 3 is 2.89 bits per heavy atom. The number of carbonyl (C=O) groups is 1. The molecule has 2 N–H and O–H groups in total. The number of carbonyl (C=O) groups excluding carboxylic acids is 1. The van der Waals surface area contributed by atoms with Crippen molar-refractivity contribution in [2.45, 2.75) is 19.6 Å². The SMILES string of the molecule is COCC(C)NC(=O)COc1ccc(F)cc1CO. The fourth-order valence-electron chi connectivity index (χ4n) is 1.56. The van der Waals surface area contributed by atoms with E-state index in [2.05, 4.69) is 5.32 Å². The van der Waals surface area contributed by atoms with Crippen LogP contribution in [0.2, 0.25) is 0 Å². The molecular weight excluding hydrogens is 253 g/mol. The molecule has 0 saturated heterocycles. The Bertz CT molecular complexity index is 425. The largest absolute Gasteiger partial charge is 0.483 e. The molecule has 0 aliphatic rings. The number of aliphatic hydroxyl groups is 1. The van der Waals surface area contributed by atoms with Gasteiger partial charge in [0.05, 0.1) is 13.2 Å². The molecule has 106 valence electrons. The van der Waals surface area contributed by atoms with Crippen molar-refractivity contribution in [2.75, 3.05) is 20.3 Å². The molecule has 1 atom stereocenters. The van der Waals surface area contributed by atoms with Gasteiger partial charge in [0.1, 0.15) is 11.6 Å². The van der Waals surface area contributed by atoms with Crippen LogP contribution in [0.3, 0.4) is 0 Å². The Labute approximate surface area is 111 Å². The van der Waals surface area contributed by atoms with Crippen LogP contribution in [0.5, 0.6) is 5.75 Å². The third-order valence-electron chi connectivity index (χ3n) is 2.38. The van der Waals surface area contributed by atoms with Crippen LogP contribution in [0.15, 0.2) is 18.2 Å². The second-order valence-electron chi connectivity index (χ2n) is 4.12. The van der Waals surface area contributed by atoms with Crippen molar-refractivity contribution in [1.29, 1.82) is 0 Å². The minimum atomic E-state index is -0.463. The van der Waals surface area contributed by atoms with E-state index in [0.29, 0.717) is 17.9 Å². The average Bonchev–Trinajstić information content (AvgIpc) is 2.37. The van der Waals surface area contributed by atoms with Gasteiger partial charge in [0, 0.05) is 18.7 Å². The average molecular weight is 271 g/mol. The van der Waals surface area contributed by atoms with E-state index in [0.717, 1.165) is 0 Å². The minimum Gasteiger partial charge on any atom is -0.483 e. The van der Waals surface area contributed by atoms with Crippen molar-refractivity contribution in [2.24, 2.45) is 0 Å². The molecular formula is C13H18FNO4. The number of halogens is 1. The minimum absolute atomic E-state index is 0.119. The number of aliphatic hydroxyl groups excluding tert-OH is 1. The number of benzene rings is 1. The first-order chi connectivity index (χ1) is 9.06. The Morgan fingerprint density at radius 2 is 2.26 bits per heavy atom. The first kappa shape index (κ1) is 15.4. The number of hydrogen-bond acceptors (Lipinski definition) is 4. The summed E-state index contributed by atoms with van der Waals surface area (Å²) in [6.45, 7) is 1.66. The van der Waals surface area contributed by atoms with Gasteiger partial charge in [-0.1, -0.05) is 0 Å². The van der Waals surface area contributed by atoms with E-state index in [1.165, 1.54) is 18.2 Å². The van der Waals surface area contributed by atoms with E-state index in [4.69, 9.17) is 14.6 Å². The summed E-state index contributed by atoms with van der Waals surface area (Å²) in [5.74, 6) is -0.481. The van der Waals surface area contributed by atoms with Crippen LogP contribution in [-0.2, 0) is 16.1 Å². The highest BCUT2D eigenvalue weighted by Crippen LogP contribution is 2.19. The third-order valence-corrected chi connectivity index (χ3v) is 2.38. The first-order valence-corrected chi connectivity index (χ1v) is 5.87.